The van der Waals surface area contributed by atoms with Crippen molar-refractivity contribution in [2.45, 2.75) is 104 Å². The Hall–Kier alpha value is -5.92. The average Bonchev–Trinajstić information content (AvgIpc) is 4.01. The maximum Gasteiger partial charge on any atom is 0.246 e. The van der Waals surface area contributed by atoms with Gasteiger partial charge in [0.2, 0.25) is 33.7 Å². The first kappa shape index (κ1) is 59.3. The topological polar surface area (TPSA) is 247 Å². The number of carbonyl (C=O) groups excluding carboxylic acids is 3. The average molecular weight is 1120 g/mol. The van der Waals surface area contributed by atoms with Gasteiger partial charge in [0, 0.05) is 44.3 Å². The summed E-state index contributed by atoms with van der Waals surface area (Å²) < 4.78 is 45.4. The van der Waals surface area contributed by atoms with Gasteiger partial charge in [-0.1, -0.05) is 82.6 Å². The number of sulfonamides is 1. The molecule has 3 atom stereocenters. The number of alkyl halides is 1. The summed E-state index contributed by atoms with van der Waals surface area (Å²) >= 11 is 13.8. The number of halogens is 2. The van der Waals surface area contributed by atoms with E-state index >= 15 is 0 Å². The highest BCUT2D eigenvalue weighted by atomic mass is 35.5. The lowest BCUT2D eigenvalue weighted by Gasteiger charge is -2.35. The highest BCUT2D eigenvalue weighted by molar-refractivity contribution is 7.92. The van der Waals surface area contributed by atoms with E-state index in [2.05, 4.69) is 41.7 Å². The molecule has 1 aliphatic heterocycles. The zero-order chi connectivity index (χ0) is 55.0. The number of aryl methyl sites for hydroxylation is 1. The molecule has 2 aromatic heterocycles. The van der Waals surface area contributed by atoms with Crippen LogP contribution in [0.1, 0.15) is 93.9 Å². The number of aromatic nitrogens is 3. The fraction of sp³-hybridized carbons (Fsp3) is 0.463. The van der Waals surface area contributed by atoms with Crippen molar-refractivity contribution in [3.8, 4) is 28.0 Å². The van der Waals surface area contributed by atoms with Crippen LogP contribution in [0.4, 0.5) is 5.95 Å². The van der Waals surface area contributed by atoms with Gasteiger partial charge in [-0.05, 0) is 90.7 Å². The molecule has 6 rings (SSSR count). The van der Waals surface area contributed by atoms with Crippen LogP contribution in [0, 0.1) is 23.7 Å². The molecule has 18 nitrogen and oxygen atoms in total. The van der Waals surface area contributed by atoms with Crippen molar-refractivity contribution in [2.24, 2.45) is 5.41 Å². The molecule has 0 aliphatic carbocycles. The Balaban J connectivity index is 0.853. The fourth-order valence-electron chi connectivity index (χ4n) is 8.44. The van der Waals surface area contributed by atoms with Crippen molar-refractivity contribution in [3.05, 3.63) is 117 Å². The molecule has 0 bridgehead atoms. The van der Waals surface area contributed by atoms with Gasteiger partial charge in [0.25, 0.3) is 0 Å². The minimum absolute atomic E-state index is 0.0318. The molecule has 3 heterocycles. The van der Waals surface area contributed by atoms with Crippen LogP contribution in [0.25, 0.3) is 10.4 Å². The molecule has 3 amide bonds. The van der Waals surface area contributed by atoms with Crippen molar-refractivity contribution in [1.82, 2.24) is 35.8 Å². The Kier molecular flexibility index (Phi) is 21.4. The monoisotopic (exact) mass is 1120 g/mol. The van der Waals surface area contributed by atoms with Crippen molar-refractivity contribution in [2.75, 3.05) is 55.8 Å². The number of nitriles is 1. The van der Waals surface area contributed by atoms with Crippen LogP contribution in [-0.2, 0) is 47.7 Å². The number of rotatable bonds is 27. The molecule has 76 heavy (non-hydrogen) atoms. The highest BCUT2D eigenvalue weighted by Gasteiger charge is 2.44. The first-order valence-electron chi connectivity index (χ1n) is 25.0. The van der Waals surface area contributed by atoms with Gasteiger partial charge >= 0.3 is 0 Å². The van der Waals surface area contributed by atoms with Crippen LogP contribution >= 0.6 is 34.5 Å². The normalized spacial score (nSPS) is 15.2. The van der Waals surface area contributed by atoms with Crippen LogP contribution in [0.5, 0.6) is 11.5 Å². The van der Waals surface area contributed by atoms with Crippen molar-refractivity contribution in [1.29, 1.82) is 5.26 Å². The molecule has 1 saturated heterocycles. The number of thiazole rings is 1. The number of aliphatic hydroxyl groups is 1. The maximum atomic E-state index is 14.0. The summed E-state index contributed by atoms with van der Waals surface area (Å²) in [5.74, 6) is -0.459. The first-order valence-corrected chi connectivity index (χ1v) is 28.5. The first-order chi connectivity index (χ1) is 36.2. The molecule has 1 fully saturated rings. The number of aliphatic hydroxyl groups excluding tert-OH is 1. The number of unbranched alkanes of at least 4 members (excludes halogenated alkanes) is 2. The lowest BCUT2D eigenvalue weighted by atomic mass is 9.77. The van der Waals surface area contributed by atoms with E-state index in [1.807, 2.05) is 90.1 Å². The quantitative estimate of drug-likeness (QED) is 0.0256. The third-order valence-corrected chi connectivity index (χ3v) is 15.4. The van der Waals surface area contributed by atoms with E-state index in [4.69, 9.17) is 37.4 Å². The van der Waals surface area contributed by atoms with Gasteiger partial charge < -0.3 is 40.2 Å². The Morgan fingerprint density at radius 3 is 2.39 bits per heavy atom. The Bertz CT molecular complexity index is 2910. The molecule has 0 radical (unpaired) electrons. The Morgan fingerprint density at radius 1 is 0.961 bits per heavy atom. The summed E-state index contributed by atoms with van der Waals surface area (Å²) in [6, 6.07) is 20.8. The molecule has 22 heteroatoms. The molecular weight excluding hydrogens is 1050 g/mol. The molecule has 1 aliphatic rings. The smallest absolute Gasteiger partial charge is 0.246 e. The van der Waals surface area contributed by atoms with Crippen LogP contribution in [0.15, 0.2) is 78.4 Å². The van der Waals surface area contributed by atoms with Crippen molar-refractivity contribution >= 4 is 68.2 Å². The molecule has 5 aromatic rings. The summed E-state index contributed by atoms with van der Waals surface area (Å²) in [6.45, 7) is 12.8. The number of ether oxygens (including phenoxy) is 3. The summed E-state index contributed by atoms with van der Waals surface area (Å²) in [7, 11) is -3.77. The molecule has 3 aromatic carbocycles. The van der Waals surface area contributed by atoms with Gasteiger partial charge in [0.1, 0.15) is 43.7 Å². The highest BCUT2D eigenvalue weighted by Crippen LogP contribution is 2.39. The van der Waals surface area contributed by atoms with Gasteiger partial charge in [-0.2, -0.15) is 5.26 Å². The second-order valence-electron chi connectivity index (χ2n) is 20.0. The molecule has 0 saturated carbocycles. The third kappa shape index (κ3) is 16.8. The van der Waals surface area contributed by atoms with E-state index in [9.17, 15) is 33.2 Å². The molecule has 0 spiro atoms. The number of likely N-dealkylation sites (tertiary alicyclic amines) is 1. The summed E-state index contributed by atoms with van der Waals surface area (Å²) in [5, 5.41) is 29.5. The predicted octanol–water partition coefficient (Wildman–Crippen LogP) is 7.28. The minimum atomic E-state index is -3.77. The fourth-order valence-corrected chi connectivity index (χ4v) is 10.5. The van der Waals surface area contributed by atoms with Crippen LogP contribution in [-0.4, -0.2) is 120 Å². The SMILES string of the molecule is Cc1ncsc1-c1ccc(CNC(=O)[C@@H]2C[C@@H](O)CN2C(=O)[C@@H](NC(=O)COCCCCCNCCS(=O)(=O)Nc2nccc(COc3ccc(C(C)(C)c4cc(Cl)c(OCCCl)c(C#N)c4)cc3)n2)C(C)(C)C)cc1. The second kappa shape index (κ2) is 27.4. The number of carbonyl (C=O) groups is 3. The predicted molar refractivity (Wildman–Crippen MR) is 294 cm³/mol. The lowest BCUT2D eigenvalue weighted by Crippen LogP contribution is -2.58. The van der Waals surface area contributed by atoms with E-state index in [1.54, 1.807) is 35.0 Å². The number of nitrogens with one attached hydrogen (secondary N) is 4. The number of anilines is 1. The summed E-state index contributed by atoms with van der Waals surface area (Å²) in [6.07, 6.45) is 2.79. The van der Waals surface area contributed by atoms with E-state index in [1.165, 1.54) is 11.1 Å². The molecule has 5 N–H and O–H groups in total. The number of hydrogen-bond acceptors (Lipinski definition) is 15. The van der Waals surface area contributed by atoms with Crippen molar-refractivity contribution < 1.29 is 42.1 Å². The van der Waals surface area contributed by atoms with E-state index in [0.717, 1.165) is 45.7 Å². The number of benzene rings is 3. The molecule has 0 unspecified atom stereocenters. The summed E-state index contributed by atoms with van der Waals surface area (Å²) in [5.41, 5.74) is 6.00. The van der Waals surface area contributed by atoms with Crippen LogP contribution in [0.2, 0.25) is 5.02 Å². The Morgan fingerprint density at radius 2 is 1.71 bits per heavy atom. The van der Waals surface area contributed by atoms with Gasteiger partial charge in [0.15, 0.2) is 5.75 Å². The molecule has 408 valence electrons. The zero-order valence-electron chi connectivity index (χ0n) is 43.7. The lowest BCUT2D eigenvalue weighted by molar-refractivity contribution is -0.144. The number of nitrogens with zero attached hydrogens (tertiary/aromatic N) is 5. The van der Waals surface area contributed by atoms with Gasteiger partial charge in [-0.25, -0.2) is 23.4 Å². The standard InChI is InChI=1S/C54H67Cl2N9O9S2/c1-35-48(75-34-61-35)37-12-10-36(11-13-37)30-60-50(68)45-28-42(66)31-65(45)51(69)49(53(2,3)4)63-46(67)33-72-23-9-7-8-20-58-22-25-76(70,71)64-52-59-21-18-41(62-52)32-74-43-16-14-39(15-17-43)54(5,6)40-26-38(29-57)47(44(56)27-40)73-24-19-55/h10-18,21,26-27,34,42,45,49,58,66H,7-9,19-20,22-25,28,30-33H2,1-6H3,(H,60,68)(H,63,67)(H,59,62,64)/t42-,45+,49-/m1/s1. The van der Waals surface area contributed by atoms with Crippen LogP contribution in [0.3, 0.4) is 0 Å². The van der Waals surface area contributed by atoms with Gasteiger partial charge in [0.05, 0.1) is 50.1 Å². The third-order valence-electron chi connectivity index (χ3n) is 12.8. The summed E-state index contributed by atoms with van der Waals surface area (Å²) in [4.78, 5) is 55.6. The minimum Gasteiger partial charge on any atom is -0.489 e. The second-order valence-corrected chi connectivity index (χ2v) is 23.5. The number of β-amino-alcohol motifs (C(OH)–C–C–N with tert-alkyl or cyclic N) is 1. The van der Waals surface area contributed by atoms with Gasteiger partial charge in [-0.3, -0.25) is 19.1 Å². The molecular formula is C54H67Cl2N9O9S2. The van der Waals surface area contributed by atoms with Crippen molar-refractivity contribution in [3.63, 3.8) is 0 Å². The maximum absolute atomic E-state index is 14.0. The number of hydrogen-bond donors (Lipinski definition) is 5. The van der Waals surface area contributed by atoms with Crippen LogP contribution < -0.4 is 30.1 Å². The zero-order valence-corrected chi connectivity index (χ0v) is 46.8. The largest absolute Gasteiger partial charge is 0.489 e. The van der Waals surface area contributed by atoms with Gasteiger partial charge in [-0.15, -0.1) is 22.9 Å². The number of amides is 3. The van der Waals surface area contributed by atoms with E-state index in [-0.39, 0.29) is 69.4 Å². The van der Waals surface area contributed by atoms with E-state index in [0.29, 0.717) is 47.4 Å². The van der Waals surface area contributed by atoms with E-state index < -0.39 is 50.9 Å². The Labute approximate surface area is 459 Å².